The van der Waals surface area contributed by atoms with Crippen molar-refractivity contribution in [2.75, 3.05) is 6.61 Å². The van der Waals surface area contributed by atoms with Crippen LogP contribution in [0.25, 0.3) is 0 Å². The summed E-state index contributed by atoms with van der Waals surface area (Å²) >= 11 is 3.32. The average molecular weight is 317 g/mol. The van der Waals surface area contributed by atoms with Crippen LogP contribution in [-0.2, 0) is 14.9 Å². The van der Waals surface area contributed by atoms with Crippen molar-refractivity contribution >= 4 is 21.9 Å². The highest BCUT2D eigenvalue weighted by molar-refractivity contribution is 9.10. The van der Waals surface area contributed by atoms with Crippen molar-refractivity contribution in [1.29, 1.82) is 0 Å². The maximum Gasteiger partial charge on any atom is 0.316 e. The molecule has 100 valence electrons. The van der Waals surface area contributed by atoms with Gasteiger partial charge in [-0.3, -0.25) is 4.79 Å². The van der Waals surface area contributed by atoms with Gasteiger partial charge in [-0.1, -0.05) is 35.8 Å². The van der Waals surface area contributed by atoms with Crippen molar-refractivity contribution < 1.29 is 13.9 Å². The number of hydrogen-bond acceptors (Lipinski definition) is 2. The summed E-state index contributed by atoms with van der Waals surface area (Å²) in [5.74, 6) is -0.871. The maximum atomic E-state index is 14.1. The van der Waals surface area contributed by atoms with Gasteiger partial charge in [0.05, 0.1) is 12.0 Å². The summed E-state index contributed by atoms with van der Waals surface area (Å²) in [7, 11) is 0. The molecule has 0 N–H and O–H groups in total. The van der Waals surface area contributed by atoms with E-state index in [0.717, 1.165) is 0 Å². The van der Waals surface area contributed by atoms with Crippen LogP contribution in [0, 0.1) is 11.7 Å². The third-order valence-corrected chi connectivity index (χ3v) is 4.00. The fourth-order valence-electron chi connectivity index (χ4n) is 1.90. The second kappa shape index (κ2) is 5.83. The Kier molecular flexibility index (Phi) is 4.91. The van der Waals surface area contributed by atoms with E-state index >= 15 is 0 Å². The van der Waals surface area contributed by atoms with Gasteiger partial charge in [-0.25, -0.2) is 4.39 Å². The summed E-state index contributed by atoms with van der Waals surface area (Å²) < 4.78 is 19.8. The first-order valence-electron chi connectivity index (χ1n) is 5.97. The SMILES string of the molecule is CCOC(=O)C(C)(c1c(F)cccc1Br)C(C)C. The van der Waals surface area contributed by atoms with E-state index in [0.29, 0.717) is 10.0 Å². The van der Waals surface area contributed by atoms with E-state index in [4.69, 9.17) is 4.74 Å². The molecule has 0 fully saturated rings. The lowest BCUT2D eigenvalue weighted by molar-refractivity contribution is -0.151. The Morgan fingerprint density at radius 1 is 1.50 bits per heavy atom. The van der Waals surface area contributed by atoms with Crippen LogP contribution in [0.2, 0.25) is 0 Å². The van der Waals surface area contributed by atoms with E-state index in [-0.39, 0.29) is 12.5 Å². The number of carbonyl (C=O) groups excluding carboxylic acids is 1. The third kappa shape index (κ3) is 2.58. The lowest BCUT2D eigenvalue weighted by atomic mass is 9.73. The molecule has 0 saturated heterocycles. The van der Waals surface area contributed by atoms with Crippen molar-refractivity contribution in [2.24, 2.45) is 5.92 Å². The highest BCUT2D eigenvalue weighted by Gasteiger charge is 2.43. The van der Waals surface area contributed by atoms with Crippen molar-refractivity contribution in [1.82, 2.24) is 0 Å². The van der Waals surface area contributed by atoms with E-state index in [1.165, 1.54) is 6.07 Å². The lowest BCUT2D eigenvalue weighted by Gasteiger charge is -2.32. The molecule has 0 bridgehead atoms. The van der Waals surface area contributed by atoms with Crippen LogP contribution in [0.3, 0.4) is 0 Å². The Morgan fingerprint density at radius 2 is 2.11 bits per heavy atom. The number of benzene rings is 1. The van der Waals surface area contributed by atoms with E-state index in [9.17, 15) is 9.18 Å². The van der Waals surface area contributed by atoms with Crippen LogP contribution in [0.15, 0.2) is 22.7 Å². The number of ether oxygens (including phenoxy) is 1. The van der Waals surface area contributed by atoms with E-state index in [1.807, 2.05) is 13.8 Å². The van der Waals surface area contributed by atoms with Crippen molar-refractivity contribution in [3.05, 3.63) is 34.1 Å². The molecule has 1 rings (SSSR count). The summed E-state index contributed by atoms with van der Waals surface area (Å²) in [6.07, 6.45) is 0. The van der Waals surface area contributed by atoms with Crippen molar-refractivity contribution in [2.45, 2.75) is 33.1 Å². The molecule has 0 aliphatic rings. The molecule has 0 amide bonds. The van der Waals surface area contributed by atoms with Gasteiger partial charge in [0.2, 0.25) is 0 Å². The first kappa shape index (κ1) is 15.2. The number of hydrogen-bond donors (Lipinski definition) is 0. The van der Waals surface area contributed by atoms with Gasteiger partial charge in [-0.2, -0.15) is 0 Å². The summed E-state index contributed by atoms with van der Waals surface area (Å²) in [6.45, 7) is 7.52. The number of halogens is 2. The van der Waals surface area contributed by atoms with Gasteiger partial charge in [0.1, 0.15) is 5.82 Å². The molecule has 0 aliphatic heterocycles. The third-order valence-electron chi connectivity index (χ3n) is 3.34. The van der Waals surface area contributed by atoms with Crippen LogP contribution < -0.4 is 0 Å². The minimum Gasteiger partial charge on any atom is -0.465 e. The zero-order valence-electron chi connectivity index (χ0n) is 11.1. The van der Waals surface area contributed by atoms with E-state index in [1.54, 1.807) is 26.0 Å². The number of esters is 1. The largest absolute Gasteiger partial charge is 0.465 e. The second-order valence-corrected chi connectivity index (χ2v) is 5.53. The molecule has 18 heavy (non-hydrogen) atoms. The van der Waals surface area contributed by atoms with Crippen molar-refractivity contribution in [3.63, 3.8) is 0 Å². The molecule has 0 aromatic heterocycles. The summed E-state index contributed by atoms with van der Waals surface area (Å²) in [5, 5.41) is 0. The van der Waals surface area contributed by atoms with Crippen LogP contribution in [0.5, 0.6) is 0 Å². The molecule has 1 unspecified atom stereocenters. The summed E-state index contributed by atoms with van der Waals surface area (Å²) in [4.78, 5) is 12.2. The van der Waals surface area contributed by atoms with Gasteiger partial charge in [0.25, 0.3) is 0 Å². The van der Waals surface area contributed by atoms with Gasteiger partial charge < -0.3 is 4.74 Å². The maximum absolute atomic E-state index is 14.1. The number of carbonyl (C=O) groups is 1. The zero-order valence-corrected chi connectivity index (χ0v) is 12.7. The van der Waals surface area contributed by atoms with Crippen molar-refractivity contribution in [3.8, 4) is 0 Å². The van der Waals surface area contributed by atoms with E-state index < -0.39 is 17.2 Å². The number of rotatable bonds is 4. The Morgan fingerprint density at radius 3 is 2.56 bits per heavy atom. The highest BCUT2D eigenvalue weighted by Crippen LogP contribution is 2.39. The summed E-state index contributed by atoms with van der Waals surface area (Å²) in [6, 6.07) is 4.70. The second-order valence-electron chi connectivity index (χ2n) is 4.67. The standard InChI is InChI=1S/C14H18BrFO2/c1-5-18-13(17)14(4,9(2)3)12-10(15)7-6-8-11(12)16/h6-9H,5H2,1-4H3. The minimum atomic E-state index is -1.000. The molecule has 1 aromatic carbocycles. The molecule has 1 aromatic rings. The van der Waals surface area contributed by atoms with Crippen LogP contribution in [0.1, 0.15) is 33.3 Å². The fourth-order valence-corrected chi connectivity index (χ4v) is 2.66. The van der Waals surface area contributed by atoms with Crippen LogP contribution in [0.4, 0.5) is 4.39 Å². The van der Waals surface area contributed by atoms with Gasteiger partial charge in [-0.05, 0) is 31.9 Å². The first-order chi connectivity index (χ1) is 8.35. The van der Waals surface area contributed by atoms with Crippen LogP contribution >= 0.6 is 15.9 Å². The monoisotopic (exact) mass is 316 g/mol. The van der Waals surface area contributed by atoms with Gasteiger partial charge in [0, 0.05) is 10.0 Å². The Bertz CT molecular complexity index is 425. The molecule has 0 radical (unpaired) electrons. The molecule has 0 heterocycles. The van der Waals surface area contributed by atoms with Gasteiger partial charge >= 0.3 is 5.97 Å². The van der Waals surface area contributed by atoms with Crippen LogP contribution in [-0.4, -0.2) is 12.6 Å². The molecule has 0 aliphatic carbocycles. The smallest absolute Gasteiger partial charge is 0.316 e. The molecule has 0 spiro atoms. The molecule has 1 atom stereocenters. The molecule has 2 nitrogen and oxygen atoms in total. The lowest BCUT2D eigenvalue weighted by Crippen LogP contribution is -2.40. The van der Waals surface area contributed by atoms with E-state index in [2.05, 4.69) is 15.9 Å². The average Bonchev–Trinajstić information content (AvgIpc) is 2.28. The molecular weight excluding hydrogens is 299 g/mol. The Hall–Kier alpha value is -0.900. The summed E-state index contributed by atoms with van der Waals surface area (Å²) in [5.41, 5.74) is -0.640. The predicted molar refractivity (Wildman–Crippen MR) is 72.9 cm³/mol. The Balaban J connectivity index is 3.41. The minimum absolute atomic E-state index is 0.0789. The topological polar surface area (TPSA) is 26.3 Å². The van der Waals surface area contributed by atoms with Gasteiger partial charge in [-0.15, -0.1) is 0 Å². The molecule has 0 saturated carbocycles. The van der Waals surface area contributed by atoms with Gasteiger partial charge in [0.15, 0.2) is 0 Å². The quantitative estimate of drug-likeness (QED) is 0.783. The fraction of sp³-hybridized carbons (Fsp3) is 0.500. The first-order valence-corrected chi connectivity index (χ1v) is 6.76. The Labute approximate surface area is 116 Å². The molecule has 4 heteroatoms. The highest BCUT2D eigenvalue weighted by atomic mass is 79.9. The zero-order chi connectivity index (χ0) is 13.9. The normalized spacial score (nSPS) is 14.4. The predicted octanol–water partition coefficient (Wildman–Crippen LogP) is 4.07. The molecular formula is C14H18BrFO2.